The van der Waals surface area contributed by atoms with Gasteiger partial charge in [0.05, 0.1) is 0 Å². The van der Waals surface area contributed by atoms with Crippen molar-refractivity contribution in [3.05, 3.63) is 53.8 Å². The Balaban J connectivity index is 2.26. The number of nitrogens with zero attached hydrogens (tertiary/aromatic N) is 1. The molecule has 0 bridgehead atoms. The third-order valence-electron chi connectivity index (χ3n) is 2.80. The number of nitrogens with one attached hydrogen (secondary N) is 1. The lowest BCUT2D eigenvalue weighted by Crippen LogP contribution is -2.11. The number of nitrogens with two attached hydrogens (primary N) is 1. The second kappa shape index (κ2) is 5.61. The highest BCUT2D eigenvalue weighted by molar-refractivity contribution is 5.95. The highest BCUT2D eigenvalue weighted by atomic mass is 19.1. The van der Waals surface area contributed by atoms with Gasteiger partial charge in [-0.1, -0.05) is 6.07 Å². The van der Waals surface area contributed by atoms with Gasteiger partial charge in [0.2, 0.25) is 0 Å². The van der Waals surface area contributed by atoms with Crippen molar-refractivity contribution in [1.82, 2.24) is 0 Å². The fourth-order valence-corrected chi connectivity index (χ4v) is 1.70. The summed E-state index contributed by atoms with van der Waals surface area (Å²) in [6.07, 6.45) is 0. The summed E-state index contributed by atoms with van der Waals surface area (Å²) < 4.78 is 19.4. The first kappa shape index (κ1) is 13.9. The lowest BCUT2D eigenvalue weighted by atomic mass is 10.2. The van der Waals surface area contributed by atoms with Crippen LogP contribution < -0.4 is 15.4 Å². The van der Waals surface area contributed by atoms with Crippen LogP contribution in [0.1, 0.15) is 5.56 Å². The van der Waals surface area contributed by atoms with E-state index in [0.29, 0.717) is 11.3 Å². The quantitative estimate of drug-likeness (QED) is 0.665. The van der Waals surface area contributed by atoms with Gasteiger partial charge in [-0.25, -0.2) is 4.39 Å². The summed E-state index contributed by atoms with van der Waals surface area (Å²) in [5.74, 6) is -0.0745. The van der Waals surface area contributed by atoms with Crippen molar-refractivity contribution in [3.8, 4) is 11.5 Å². The predicted molar refractivity (Wildman–Crippen MR) is 78.3 cm³/mol. The standard InChI is InChI=1S/C15H16FN3O/c1-19(2)11-4-3-5-12(9-11)20-14-7-6-10(15(17)18)8-13(14)16/h3-9H,1-2H3,(H3,17,18). The topological polar surface area (TPSA) is 62.3 Å². The Bertz CT molecular complexity index is 641. The molecular formula is C15H16FN3O. The van der Waals surface area contributed by atoms with Gasteiger partial charge in [0.15, 0.2) is 11.6 Å². The van der Waals surface area contributed by atoms with Gasteiger partial charge in [-0.2, -0.15) is 0 Å². The number of benzene rings is 2. The molecule has 3 N–H and O–H groups in total. The maximum atomic E-state index is 13.9. The van der Waals surface area contributed by atoms with E-state index in [0.717, 1.165) is 5.69 Å². The smallest absolute Gasteiger partial charge is 0.166 e. The number of anilines is 1. The van der Waals surface area contributed by atoms with E-state index in [1.165, 1.54) is 12.1 Å². The Kier molecular flexibility index (Phi) is 3.89. The van der Waals surface area contributed by atoms with E-state index in [-0.39, 0.29) is 11.6 Å². The summed E-state index contributed by atoms with van der Waals surface area (Å²) in [6, 6.07) is 11.6. The second-order valence-corrected chi connectivity index (χ2v) is 4.55. The average molecular weight is 273 g/mol. The lowest BCUT2D eigenvalue weighted by molar-refractivity contribution is 0.442. The van der Waals surface area contributed by atoms with Crippen LogP contribution in [0.4, 0.5) is 10.1 Å². The number of ether oxygens (including phenoxy) is 1. The highest BCUT2D eigenvalue weighted by Crippen LogP contribution is 2.27. The number of amidine groups is 1. The molecule has 2 aromatic rings. The van der Waals surface area contributed by atoms with E-state index >= 15 is 0 Å². The molecule has 0 unspecified atom stereocenters. The molecule has 4 nitrogen and oxygen atoms in total. The largest absolute Gasteiger partial charge is 0.454 e. The molecule has 0 aromatic heterocycles. The Morgan fingerprint density at radius 2 is 1.95 bits per heavy atom. The first-order valence-electron chi connectivity index (χ1n) is 6.06. The third kappa shape index (κ3) is 3.06. The van der Waals surface area contributed by atoms with E-state index < -0.39 is 5.82 Å². The molecule has 0 aliphatic rings. The SMILES string of the molecule is CN(C)c1cccc(Oc2ccc(C(=N)N)cc2F)c1. The van der Waals surface area contributed by atoms with Crippen LogP contribution in [0, 0.1) is 11.2 Å². The second-order valence-electron chi connectivity index (χ2n) is 4.55. The van der Waals surface area contributed by atoms with Gasteiger partial charge in [0.1, 0.15) is 11.6 Å². The molecule has 0 aliphatic carbocycles. The van der Waals surface area contributed by atoms with Gasteiger partial charge in [-0.15, -0.1) is 0 Å². The molecule has 0 spiro atoms. The van der Waals surface area contributed by atoms with Crippen LogP contribution in [0.5, 0.6) is 11.5 Å². The van der Waals surface area contributed by atoms with E-state index in [1.807, 2.05) is 37.2 Å². The molecule has 2 rings (SSSR count). The molecule has 0 aliphatic heterocycles. The summed E-state index contributed by atoms with van der Waals surface area (Å²) in [5, 5.41) is 7.26. The molecular weight excluding hydrogens is 257 g/mol. The summed E-state index contributed by atoms with van der Waals surface area (Å²) in [6.45, 7) is 0. The molecule has 0 radical (unpaired) electrons. The predicted octanol–water partition coefficient (Wildman–Crippen LogP) is 2.97. The van der Waals surface area contributed by atoms with Crippen molar-refractivity contribution < 1.29 is 9.13 Å². The van der Waals surface area contributed by atoms with Gasteiger partial charge in [-0.05, 0) is 30.3 Å². The maximum absolute atomic E-state index is 13.9. The number of rotatable bonds is 4. The van der Waals surface area contributed by atoms with Crippen LogP contribution >= 0.6 is 0 Å². The van der Waals surface area contributed by atoms with Crippen LogP contribution in [0.2, 0.25) is 0 Å². The summed E-state index contributed by atoms with van der Waals surface area (Å²) in [4.78, 5) is 1.93. The van der Waals surface area contributed by atoms with Crippen LogP contribution in [0.3, 0.4) is 0 Å². The Morgan fingerprint density at radius 3 is 2.55 bits per heavy atom. The maximum Gasteiger partial charge on any atom is 0.166 e. The van der Waals surface area contributed by atoms with E-state index in [4.69, 9.17) is 15.9 Å². The Morgan fingerprint density at radius 1 is 1.20 bits per heavy atom. The highest BCUT2D eigenvalue weighted by Gasteiger charge is 2.08. The number of nitrogen functional groups attached to an aromatic ring is 1. The molecule has 5 heteroatoms. The Hall–Kier alpha value is -2.56. The first-order chi connectivity index (χ1) is 9.47. The van der Waals surface area contributed by atoms with Crippen LogP contribution in [-0.4, -0.2) is 19.9 Å². The van der Waals surface area contributed by atoms with Crippen LogP contribution in [-0.2, 0) is 0 Å². The van der Waals surface area contributed by atoms with Crippen molar-refractivity contribution in [3.63, 3.8) is 0 Å². The van der Waals surface area contributed by atoms with Crippen molar-refractivity contribution >= 4 is 11.5 Å². The molecule has 0 saturated heterocycles. The zero-order valence-electron chi connectivity index (χ0n) is 11.4. The van der Waals surface area contributed by atoms with Gasteiger partial charge < -0.3 is 15.4 Å². The zero-order valence-corrected chi connectivity index (χ0v) is 11.4. The van der Waals surface area contributed by atoms with Gasteiger partial charge in [-0.3, -0.25) is 5.41 Å². The summed E-state index contributed by atoms with van der Waals surface area (Å²) in [5.41, 5.74) is 6.60. The van der Waals surface area contributed by atoms with E-state index in [2.05, 4.69) is 0 Å². The fourth-order valence-electron chi connectivity index (χ4n) is 1.70. The molecule has 0 atom stereocenters. The number of halogens is 1. The minimum Gasteiger partial charge on any atom is -0.454 e. The minimum atomic E-state index is -0.548. The van der Waals surface area contributed by atoms with Crippen LogP contribution in [0.25, 0.3) is 0 Å². The van der Waals surface area contributed by atoms with Gasteiger partial charge in [0.25, 0.3) is 0 Å². The molecule has 0 fully saturated rings. The molecule has 104 valence electrons. The lowest BCUT2D eigenvalue weighted by Gasteiger charge is -2.14. The molecule has 0 saturated carbocycles. The third-order valence-corrected chi connectivity index (χ3v) is 2.80. The van der Waals surface area contributed by atoms with Crippen molar-refractivity contribution in [2.75, 3.05) is 19.0 Å². The fraction of sp³-hybridized carbons (Fsp3) is 0.133. The summed E-state index contributed by atoms with van der Waals surface area (Å²) >= 11 is 0. The van der Waals surface area contributed by atoms with Crippen molar-refractivity contribution in [1.29, 1.82) is 5.41 Å². The summed E-state index contributed by atoms with van der Waals surface area (Å²) in [7, 11) is 3.84. The minimum absolute atomic E-state index is 0.103. The molecule has 0 heterocycles. The Labute approximate surface area is 117 Å². The molecule has 2 aromatic carbocycles. The zero-order chi connectivity index (χ0) is 14.7. The monoisotopic (exact) mass is 273 g/mol. The van der Waals surface area contributed by atoms with Gasteiger partial charge in [0, 0.05) is 31.4 Å². The average Bonchev–Trinajstić information content (AvgIpc) is 2.41. The normalized spacial score (nSPS) is 10.2. The van der Waals surface area contributed by atoms with Crippen molar-refractivity contribution in [2.24, 2.45) is 5.73 Å². The van der Waals surface area contributed by atoms with E-state index in [9.17, 15) is 4.39 Å². The van der Waals surface area contributed by atoms with Gasteiger partial charge >= 0.3 is 0 Å². The van der Waals surface area contributed by atoms with Crippen molar-refractivity contribution in [2.45, 2.75) is 0 Å². The first-order valence-corrected chi connectivity index (χ1v) is 6.06. The van der Waals surface area contributed by atoms with E-state index in [1.54, 1.807) is 12.1 Å². The number of hydrogen-bond donors (Lipinski definition) is 2. The molecule has 20 heavy (non-hydrogen) atoms. The van der Waals surface area contributed by atoms with Crippen LogP contribution in [0.15, 0.2) is 42.5 Å². The molecule has 0 amide bonds. The number of hydrogen-bond acceptors (Lipinski definition) is 3.